The summed E-state index contributed by atoms with van der Waals surface area (Å²) in [5.41, 5.74) is 2.37. The molecule has 10 heteroatoms. The number of primary sulfonamides is 1. The molecule has 0 atom stereocenters. The Kier molecular flexibility index (Phi) is 5.15. The van der Waals surface area contributed by atoms with Crippen LogP contribution in [-0.4, -0.2) is 26.6 Å². The highest BCUT2D eigenvalue weighted by molar-refractivity contribution is 7.89. The van der Waals surface area contributed by atoms with Crippen molar-refractivity contribution in [2.24, 2.45) is 5.14 Å². The number of thiol groups is 1. The molecule has 1 aromatic heterocycles. The molecule has 2 aromatic carbocycles. The van der Waals surface area contributed by atoms with Gasteiger partial charge in [-0.25, -0.2) is 26.7 Å². The molecule has 0 saturated carbocycles. The maximum absolute atomic E-state index is 11.4. The van der Waals surface area contributed by atoms with Gasteiger partial charge in [0.05, 0.1) is 27.7 Å². The number of nitrogens with two attached hydrogens (primary N) is 1. The molecule has 0 unspecified atom stereocenters. The minimum absolute atomic E-state index is 0.0238. The summed E-state index contributed by atoms with van der Waals surface area (Å²) in [6.07, 6.45) is 0. The number of sulfonamides is 1. The van der Waals surface area contributed by atoms with E-state index in [0.29, 0.717) is 22.1 Å². The molecule has 0 spiro atoms. The molecule has 0 fully saturated rings. The molecule has 136 valence electrons. The Morgan fingerprint density at radius 3 is 2.19 bits per heavy atom. The topological polar surface area (TPSA) is 112 Å². The molecule has 0 amide bonds. The van der Waals surface area contributed by atoms with Crippen LogP contribution in [0.25, 0.3) is 16.9 Å². The summed E-state index contributed by atoms with van der Waals surface area (Å²) in [7, 11) is -6.44. The molecule has 3 rings (SSSR count). The third-order valence-electron chi connectivity index (χ3n) is 3.60. The van der Waals surface area contributed by atoms with E-state index < -0.39 is 20.7 Å². The Morgan fingerprint density at radius 2 is 1.65 bits per heavy atom. The van der Waals surface area contributed by atoms with Gasteiger partial charge < -0.3 is 0 Å². The van der Waals surface area contributed by atoms with Crippen molar-refractivity contribution in [1.29, 1.82) is 0 Å². The van der Waals surface area contributed by atoms with Gasteiger partial charge in [-0.1, -0.05) is 23.7 Å². The highest BCUT2D eigenvalue weighted by atomic mass is 35.5. The monoisotopic (exact) mass is 411 g/mol. The highest BCUT2D eigenvalue weighted by Gasteiger charge is 2.14. The number of rotatable bonds is 5. The van der Waals surface area contributed by atoms with E-state index in [9.17, 15) is 16.8 Å². The fourth-order valence-electron chi connectivity index (χ4n) is 2.44. The van der Waals surface area contributed by atoms with Gasteiger partial charge >= 0.3 is 0 Å². The van der Waals surface area contributed by atoms with Crippen LogP contribution in [0.15, 0.2) is 59.5 Å². The summed E-state index contributed by atoms with van der Waals surface area (Å²) in [5, 5.41) is 10.0. The molecule has 0 aliphatic heterocycles. The molecule has 0 aliphatic carbocycles. The van der Waals surface area contributed by atoms with Crippen molar-refractivity contribution >= 4 is 32.3 Å². The van der Waals surface area contributed by atoms with Gasteiger partial charge in [-0.3, -0.25) is 0 Å². The van der Waals surface area contributed by atoms with E-state index >= 15 is 0 Å². The average Bonchev–Trinajstić information content (AvgIpc) is 2.98. The first-order chi connectivity index (χ1) is 12.2. The molecule has 0 bridgehead atoms. The lowest BCUT2D eigenvalue weighted by Gasteiger charge is -2.08. The summed E-state index contributed by atoms with van der Waals surface area (Å²) >= 11 is 5.92. The van der Waals surface area contributed by atoms with E-state index in [1.165, 1.54) is 12.1 Å². The molecule has 7 nitrogen and oxygen atoms in total. The summed E-state index contributed by atoms with van der Waals surface area (Å²) < 4.78 is 46.5. The van der Waals surface area contributed by atoms with Crippen LogP contribution in [0.4, 0.5) is 0 Å². The minimum Gasteiger partial charge on any atom is -0.233 e. The zero-order valence-electron chi connectivity index (χ0n) is 13.2. The van der Waals surface area contributed by atoms with E-state index in [1.807, 2.05) is 0 Å². The van der Waals surface area contributed by atoms with Crippen molar-refractivity contribution in [1.82, 2.24) is 9.78 Å². The number of nitrogens with zero attached hydrogens (tertiary/aromatic N) is 2. The first-order valence-corrected chi connectivity index (χ1v) is 10.6. The number of halogens is 1. The zero-order valence-corrected chi connectivity index (χ0v) is 15.7. The van der Waals surface area contributed by atoms with Crippen LogP contribution in [0, 0.1) is 0 Å². The molecular weight excluding hydrogens is 398 g/mol. The van der Waals surface area contributed by atoms with Crippen LogP contribution >= 0.6 is 11.6 Å². The number of hydrogen-bond donors (Lipinski definition) is 2. The van der Waals surface area contributed by atoms with Crippen LogP contribution in [-0.2, 0) is 26.5 Å². The second-order valence-corrected chi connectivity index (χ2v) is 8.45. The fourth-order valence-corrected chi connectivity index (χ4v) is 3.50. The van der Waals surface area contributed by atoms with Gasteiger partial charge in [0.2, 0.25) is 10.0 Å². The Balaban J connectivity index is 2.12. The predicted molar refractivity (Wildman–Crippen MR) is 99.4 cm³/mol. The largest absolute Gasteiger partial charge is 0.238 e. The van der Waals surface area contributed by atoms with Crippen molar-refractivity contribution < 1.29 is 16.8 Å². The van der Waals surface area contributed by atoms with E-state index in [2.05, 4.69) is 5.10 Å². The van der Waals surface area contributed by atoms with Gasteiger partial charge in [0.1, 0.15) is 10.7 Å². The van der Waals surface area contributed by atoms with Crippen LogP contribution in [0.1, 0.15) is 5.69 Å². The smallest absolute Gasteiger partial charge is 0.233 e. The fraction of sp³-hybridized carbons (Fsp3) is 0.0625. The number of hydrogen-bond acceptors (Lipinski definition) is 5. The van der Waals surface area contributed by atoms with Gasteiger partial charge in [0.25, 0.3) is 0 Å². The minimum atomic E-state index is -3.80. The second-order valence-electron chi connectivity index (χ2n) is 5.47. The first kappa shape index (κ1) is 18.6. The second kappa shape index (κ2) is 7.20. The van der Waals surface area contributed by atoms with Crippen LogP contribution < -0.4 is 5.14 Å². The highest BCUT2D eigenvalue weighted by Crippen LogP contribution is 2.26. The van der Waals surface area contributed by atoms with Gasteiger partial charge in [-0.15, -0.1) is 0 Å². The summed E-state index contributed by atoms with van der Waals surface area (Å²) in [6.45, 7) is 0. The zero-order chi connectivity index (χ0) is 18.9. The summed E-state index contributed by atoms with van der Waals surface area (Å²) in [6, 6.07) is 14.5. The van der Waals surface area contributed by atoms with Crippen LogP contribution in [0.5, 0.6) is 0 Å². The number of aromatic nitrogens is 2. The number of benzene rings is 2. The molecule has 26 heavy (non-hydrogen) atoms. The van der Waals surface area contributed by atoms with Gasteiger partial charge in [0.15, 0.2) is 0 Å². The molecule has 0 aliphatic rings. The SMILES string of the molecule is NS(=O)(=O)c1ccc(-n2nc(C[SH](=O)=O)cc2-c2ccc(Cl)cc2)cc1. The van der Waals surface area contributed by atoms with Gasteiger partial charge in [-0.05, 0) is 42.5 Å². The lowest BCUT2D eigenvalue weighted by atomic mass is 10.1. The van der Waals surface area contributed by atoms with E-state index in [0.717, 1.165) is 5.56 Å². The van der Waals surface area contributed by atoms with Gasteiger partial charge in [0, 0.05) is 10.6 Å². The van der Waals surface area contributed by atoms with Crippen molar-refractivity contribution in [2.45, 2.75) is 10.6 Å². The Morgan fingerprint density at radius 1 is 1.04 bits per heavy atom. The molecule has 3 aromatic rings. The quantitative estimate of drug-likeness (QED) is 0.623. The van der Waals surface area contributed by atoms with Crippen molar-refractivity contribution in [3.05, 3.63) is 65.3 Å². The molecular formula is C16H14ClN3O4S2. The maximum atomic E-state index is 11.4. The van der Waals surface area contributed by atoms with Crippen molar-refractivity contribution in [3.8, 4) is 16.9 Å². The third-order valence-corrected chi connectivity index (χ3v) is 5.36. The predicted octanol–water partition coefficient (Wildman–Crippen LogP) is 1.95. The van der Waals surface area contributed by atoms with Gasteiger partial charge in [-0.2, -0.15) is 5.10 Å². The maximum Gasteiger partial charge on any atom is 0.238 e. The van der Waals surface area contributed by atoms with E-state index in [1.54, 1.807) is 47.1 Å². The standard InChI is InChI=1S/C16H14ClN3O4S2/c17-12-3-1-11(2-4-12)16-9-13(10-25(21)22)19-20(16)14-5-7-15(8-6-14)26(18,23)24/h1-9,25H,10H2,(H2,18,23,24). The third kappa shape index (κ3) is 4.13. The normalized spacial score (nSPS) is 11.8. The summed E-state index contributed by atoms with van der Waals surface area (Å²) in [4.78, 5) is -0.0238. The van der Waals surface area contributed by atoms with Crippen molar-refractivity contribution in [2.75, 3.05) is 0 Å². The van der Waals surface area contributed by atoms with Crippen LogP contribution in [0.3, 0.4) is 0 Å². The van der Waals surface area contributed by atoms with E-state index in [4.69, 9.17) is 16.7 Å². The Labute approximate surface area is 157 Å². The molecule has 1 heterocycles. The summed E-state index contributed by atoms with van der Waals surface area (Å²) in [5.74, 6) is -0.196. The Hall–Kier alpha value is -2.20. The van der Waals surface area contributed by atoms with Crippen LogP contribution in [0.2, 0.25) is 5.02 Å². The molecule has 2 N–H and O–H groups in total. The average molecular weight is 412 g/mol. The van der Waals surface area contributed by atoms with Crippen molar-refractivity contribution in [3.63, 3.8) is 0 Å². The molecule has 0 saturated heterocycles. The lowest BCUT2D eigenvalue weighted by molar-refractivity contribution is 0.597. The first-order valence-electron chi connectivity index (χ1n) is 7.34. The Bertz CT molecular complexity index is 1110. The molecule has 0 radical (unpaired) electrons. The van der Waals surface area contributed by atoms with E-state index in [-0.39, 0.29) is 10.6 Å². The lowest BCUT2D eigenvalue weighted by Crippen LogP contribution is -2.12.